The van der Waals surface area contributed by atoms with Crippen molar-refractivity contribution >= 4 is 5.97 Å². The molecule has 0 radical (unpaired) electrons. The number of hydrogen-bond acceptors (Lipinski definition) is 6. The number of aliphatic hydroxyl groups excluding tert-OH is 1. The van der Waals surface area contributed by atoms with Crippen molar-refractivity contribution in [1.29, 1.82) is 0 Å². The highest BCUT2D eigenvalue weighted by atomic mass is 16.7. The third kappa shape index (κ3) is 26.2. The maximum absolute atomic E-state index is 12.1. The van der Waals surface area contributed by atoms with Gasteiger partial charge >= 0.3 is 5.97 Å². The van der Waals surface area contributed by atoms with Gasteiger partial charge in [0.25, 0.3) is 0 Å². The lowest BCUT2D eigenvalue weighted by Crippen LogP contribution is -2.23. The van der Waals surface area contributed by atoms with Crippen molar-refractivity contribution in [3.63, 3.8) is 0 Å². The molecule has 0 aliphatic carbocycles. The minimum Gasteiger partial charge on any atom is -0.465 e. The Balaban J connectivity index is 4.34. The van der Waals surface area contributed by atoms with Crippen molar-refractivity contribution in [2.75, 3.05) is 39.5 Å². The van der Waals surface area contributed by atoms with Crippen molar-refractivity contribution in [3.05, 3.63) is 23.3 Å². The third-order valence-corrected chi connectivity index (χ3v) is 6.39. The Labute approximate surface area is 228 Å². The SMILES string of the molecule is CC(C)=CCCC(C)CCOC(CCOC(=O)CCCCCNCCO)OCCC(C)CCC=C(C)C. The molecule has 0 heterocycles. The number of nitrogens with one attached hydrogen (secondary N) is 1. The first kappa shape index (κ1) is 35.8. The number of rotatable bonds is 25. The van der Waals surface area contributed by atoms with E-state index in [0.717, 1.165) is 51.5 Å². The van der Waals surface area contributed by atoms with Gasteiger partial charge in [0.1, 0.15) is 0 Å². The van der Waals surface area contributed by atoms with Crippen molar-refractivity contribution < 1.29 is 24.1 Å². The summed E-state index contributed by atoms with van der Waals surface area (Å²) in [4.78, 5) is 12.1. The van der Waals surface area contributed by atoms with Gasteiger partial charge in [-0.25, -0.2) is 0 Å². The van der Waals surface area contributed by atoms with Crippen LogP contribution < -0.4 is 5.32 Å². The number of hydrogen-bond donors (Lipinski definition) is 2. The summed E-state index contributed by atoms with van der Waals surface area (Å²) in [5, 5.41) is 11.9. The molecule has 37 heavy (non-hydrogen) atoms. The molecular formula is C31H59NO5. The molecule has 0 aromatic heterocycles. The van der Waals surface area contributed by atoms with Gasteiger partial charge in [-0.1, -0.05) is 43.6 Å². The highest BCUT2D eigenvalue weighted by molar-refractivity contribution is 5.69. The highest BCUT2D eigenvalue weighted by Gasteiger charge is 2.13. The fraction of sp³-hybridized carbons (Fsp3) is 0.839. The Morgan fingerprint density at radius 3 is 1.84 bits per heavy atom. The zero-order valence-corrected chi connectivity index (χ0v) is 25.0. The van der Waals surface area contributed by atoms with Crippen LogP contribution in [0.5, 0.6) is 0 Å². The second-order valence-electron chi connectivity index (χ2n) is 11.0. The number of esters is 1. The molecule has 0 aliphatic rings. The lowest BCUT2D eigenvalue weighted by Gasteiger charge is -2.21. The predicted molar refractivity (Wildman–Crippen MR) is 155 cm³/mol. The largest absolute Gasteiger partial charge is 0.465 e. The molecule has 2 unspecified atom stereocenters. The molecule has 0 amide bonds. The molecule has 6 heteroatoms. The van der Waals surface area contributed by atoms with E-state index in [-0.39, 0.29) is 18.9 Å². The van der Waals surface area contributed by atoms with Gasteiger partial charge in [-0.05, 0) is 97.4 Å². The summed E-state index contributed by atoms with van der Waals surface area (Å²) in [6, 6.07) is 0. The smallest absolute Gasteiger partial charge is 0.305 e. The van der Waals surface area contributed by atoms with E-state index in [1.165, 1.54) is 24.0 Å². The summed E-state index contributed by atoms with van der Waals surface area (Å²) in [5.41, 5.74) is 2.74. The van der Waals surface area contributed by atoms with E-state index in [1.54, 1.807) is 0 Å². The third-order valence-electron chi connectivity index (χ3n) is 6.39. The van der Waals surface area contributed by atoms with Gasteiger partial charge in [-0.2, -0.15) is 0 Å². The fourth-order valence-electron chi connectivity index (χ4n) is 3.86. The van der Waals surface area contributed by atoms with Crippen LogP contribution in [0.1, 0.15) is 112 Å². The van der Waals surface area contributed by atoms with Gasteiger partial charge in [-0.3, -0.25) is 4.79 Å². The number of aliphatic hydroxyl groups is 1. The fourth-order valence-corrected chi connectivity index (χ4v) is 3.86. The average molecular weight is 526 g/mol. The first-order chi connectivity index (χ1) is 17.7. The van der Waals surface area contributed by atoms with Crippen LogP contribution in [0.25, 0.3) is 0 Å². The van der Waals surface area contributed by atoms with E-state index >= 15 is 0 Å². The van der Waals surface area contributed by atoms with Crippen molar-refractivity contribution in [3.8, 4) is 0 Å². The van der Waals surface area contributed by atoms with E-state index < -0.39 is 0 Å². The maximum Gasteiger partial charge on any atom is 0.305 e. The van der Waals surface area contributed by atoms with Crippen LogP contribution in [-0.2, 0) is 19.0 Å². The molecule has 2 atom stereocenters. The number of carbonyl (C=O) groups is 1. The number of carbonyl (C=O) groups excluding carboxylic acids is 1. The second-order valence-corrected chi connectivity index (χ2v) is 11.0. The molecule has 0 saturated heterocycles. The molecule has 0 aromatic carbocycles. The number of unbranched alkanes of at least 4 members (excludes halogenated alkanes) is 2. The summed E-state index contributed by atoms with van der Waals surface area (Å²) >= 11 is 0. The Bertz CT molecular complexity index is 562. The van der Waals surface area contributed by atoms with Crippen molar-refractivity contribution in [2.45, 2.75) is 118 Å². The van der Waals surface area contributed by atoms with E-state index in [4.69, 9.17) is 19.3 Å². The monoisotopic (exact) mass is 525 g/mol. The summed E-state index contributed by atoms with van der Waals surface area (Å²) in [7, 11) is 0. The molecule has 0 spiro atoms. The minimum absolute atomic E-state index is 0.150. The first-order valence-corrected chi connectivity index (χ1v) is 14.7. The number of allylic oxidation sites excluding steroid dienone is 4. The molecule has 218 valence electrons. The molecule has 0 fully saturated rings. The van der Waals surface area contributed by atoms with Gasteiger partial charge in [0.05, 0.1) is 13.2 Å². The molecule has 0 aromatic rings. The predicted octanol–water partition coefficient (Wildman–Crippen LogP) is 6.97. The Kier molecular flexibility index (Phi) is 24.3. The summed E-state index contributed by atoms with van der Waals surface area (Å²) in [5.74, 6) is 1.05. The lowest BCUT2D eigenvalue weighted by atomic mass is 10.0. The van der Waals surface area contributed by atoms with Crippen LogP contribution in [0.2, 0.25) is 0 Å². The topological polar surface area (TPSA) is 77.0 Å². The first-order valence-electron chi connectivity index (χ1n) is 14.7. The quantitative estimate of drug-likeness (QED) is 0.0580. The number of ether oxygens (including phenoxy) is 3. The van der Waals surface area contributed by atoms with Crippen LogP contribution in [0.15, 0.2) is 23.3 Å². The second kappa shape index (κ2) is 25.1. The summed E-state index contributed by atoms with van der Waals surface area (Å²) in [6.07, 6.45) is 14.6. The lowest BCUT2D eigenvalue weighted by molar-refractivity contribution is -0.163. The normalized spacial score (nSPS) is 13.6. The van der Waals surface area contributed by atoms with Gasteiger partial charge in [0.15, 0.2) is 6.29 Å². The molecule has 0 rings (SSSR count). The van der Waals surface area contributed by atoms with Gasteiger partial charge < -0.3 is 24.6 Å². The van der Waals surface area contributed by atoms with E-state index in [9.17, 15) is 4.79 Å². The molecule has 0 saturated carbocycles. The minimum atomic E-state index is -0.333. The van der Waals surface area contributed by atoms with E-state index in [1.807, 2.05) is 0 Å². The summed E-state index contributed by atoms with van der Waals surface area (Å²) in [6.45, 7) is 16.4. The van der Waals surface area contributed by atoms with Crippen LogP contribution in [0, 0.1) is 11.8 Å². The van der Waals surface area contributed by atoms with Crippen LogP contribution in [0.3, 0.4) is 0 Å². The maximum atomic E-state index is 12.1. The Morgan fingerprint density at radius 2 is 1.32 bits per heavy atom. The van der Waals surface area contributed by atoms with Gasteiger partial charge in [-0.15, -0.1) is 0 Å². The Hall–Kier alpha value is -1.21. The van der Waals surface area contributed by atoms with Gasteiger partial charge in [0.2, 0.25) is 0 Å². The van der Waals surface area contributed by atoms with Crippen LogP contribution in [0.4, 0.5) is 0 Å². The molecule has 0 aliphatic heterocycles. The van der Waals surface area contributed by atoms with Gasteiger partial charge in [0, 0.05) is 32.6 Å². The molecule has 0 bridgehead atoms. The summed E-state index contributed by atoms with van der Waals surface area (Å²) < 4.78 is 17.7. The molecular weight excluding hydrogens is 466 g/mol. The van der Waals surface area contributed by atoms with Crippen LogP contribution in [-0.4, -0.2) is 56.9 Å². The standard InChI is InChI=1S/C31H59NO5/c1-26(2)12-10-14-28(5)17-23-36-31(37-24-18-29(6)15-11-13-27(3)4)19-25-35-30(34)16-8-7-9-20-32-21-22-33/h12-13,28-29,31-33H,7-11,14-25H2,1-6H3. The van der Waals surface area contributed by atoms with Crippen LogP contribution >= 0.6 is 0 Å². The zero-order valence-electron chi connectivity index (χ0n) is 25.0. The van der Waals surface area contributed by atoms with E-state index in [0.29, 0.717) is 51.0 Å². The van der Waals surface area contributed by atoms with E-state index in [2.05, 4.69) is 59.0 Å². The van der Waals surface area contributed by atoms with Crippen molar-refractivity contribution in [1.82, 2.24) is 5.32 Å². The van der Waals surface area contributed by atoms with Crippen molar-refractivity contribution in [2.24, 2.45) is 11.8 Å². The molecule has 2 N–H and O–H groups in total. The average Bonchev–Trinajstić information content (AvgIpc) is 2.82. The highest BCUT2D eigenvalue weighted by Crippen LogP contribution is 2.16. The molecule has 6 nitrogen and oxygen atoms in total. The Morgan fingerprint density at radius 1 is 0.757 bits per heavy atom. The zero-order chi connectivity index (χ0) is 27.7.